The van der Waals surface area contributed by atoms with E-state index in [0.29, 0.717) is 31.3 Å². The van der Waals surface area contributed by atoms with Gasteiger partial charge in [0.25, 0.3) is 0 Å². The highest BCUT2D eigenvalue weighted by Gasteiger charge is 2.31. The zero-order valence-corrected chi connectivity index (χ0v) is 17.9. The van der Waals surface area contributed by atoms with Gasteiger partial charge in [0, 0.05) is 37.8 Å². The Hall–Kier alpha value is -2.81. The van der Waals surface area contributed by atoms with E-state index in [4.69, 9.17) is 4.42 Å². The van der Waals surface area contributed by atoms with E-state index in [2.05, 4.69) is 19.7 Å². The number of hydrogen-bond donors (Lipinski definition) is 0. The minimum atomic E-state index is -0.237. The van der Waals surface area contributed by atoms with E-state index < -0.39 is 0 Å². The third-order valence-corrected chi connectivity index (χ3v) is 6.68. The normalized spacial score (nSPS) is 16.7. The van der Waals surface area contributed by atoms with E-state index in [9.17, 15) is 9.18 Å². The first-order valence-electron chi connectivity index (χ1n) is 10.5. The van der Waals surface area contributed by atoms with Gasteiger partial charge in [0.1, 0.15) is 17.4 Å². The maximum Gasteiger partial charge on any atom is 0.233 e. The molecule has 1 saturated carbocycles. The lowest BCUT2D eigenvalue weighted by molar-refractivity contribution is -0.128. The summed E-state index contributed by atoms with van der Waals surface area (Å²) >= 11 is 1.44. The van der Waals surface area contributed by atoms with E-state index in [1.54, 1.807) is 18.4 Å². The molecule has 1 aromatic carbocycles. The maximum atomic E-state index is 13.1. The predicted octanol–water partition coefficient (Wildman–Crippen LogP) is 3.38. The van der Waals surface area contributed by atoms with Gasteiger partial charge in [-0.25, -0.2) is 4.39 Å². The summed E-state index contributed by atoms with van der Waals surface area (Å²) in [5.74, 6) is 2.50. The molecule has 1 aliphatic carbocycles. The topological polar surface area (TPSA) is 67.4 Å². The second-order valence-electron chi connectivity index (χ2n) is 7.91. The van der Waals surface area contributed by atoms with Crippen molar-refractivity contribution in [3.63, 3.8) is 0 Å². The lowest BCUT2D eigenvalue weighted by atomic mass is 10.2. The van der Waals surface area contributed by atoms with Crippen LogP contribution in [0.5, 0.6) is 0 Å². The summed E-state index contributed by atoms with van der Waals surface area (Å²) in [6, 6.07) is 10.3. The summed E-state index contributed by atoms with van der Waals surface area (Å²) < 4.78 is 20.7. The van der Waals surface area contributed by atoms with Crippen LogP contribution in [0.1, 0.15) is 30.3 Å². The number of thioether (sulfide) groups is 1. The van der Waals surface area contributed by atoms with Gasteiger partial charge >= 0.3 is 0 Å². The molecule has 1 aliphatic heterocycles. The Bertz CT molecular complexity index is 1020. The van der Waals surface area contributed by atoms with Gasteiger partial charge in [-0.1, -0.05) is 11.8 Å². The van der Waals surface area contributed by atoms with Gasteiger partial charge in [0.15, 0.2) is 5.16 Å². The van der Waals surface area contributed by atoms with E-state index in [1.165, 1.54) is 23.9 Å². The molecule has 31 heavy (non-hydrogen) atoms. The van der Waals surface area contributed by atoms with Crippen LogP contribution in [-0.2, 0) is 11.3 Å². The summed E-state index contributed by atoms with van der Waals surface area (Å²) in [6.07, 6.45) is 3.94. The molecule has 1 amide bonds. The largest absolute Gasteiger partial charge is 0.467 e. The molecular weight excluding hydrogens is 417 g/mol. The van der Waals surface area contributed by atoms with Crippen LogP contribution >= 0.6 is 11.8 Å². The van der Waals surface area contributed by atoms with E-state index >= 15 is 0 Å². The molecule has 0 unspecified atom stereocenters. The van der Waals surface area contributed by atoms with Gasteiger partial charge in [-0.15, -0.1) is 10.2 Å². The molecule has 1 saturated heterocycles. The number of carbonyl (C=O) groups excluding carboxylic acids is 1. The summed E-state index contributed by atoms with van der Waals surface area (Å²) in [7, 11) is 0. The van der Waals surface area contributed by atoms with Crippen LogP contribution in [0.3, 0.4) is 0 Å². The molecular formula is C22H24FN5O2S. The average molecular weight is 442 g/mol. The Morgan fingerprint density at radius 2 is 1.87 bits per heavy atom. The molecule has 2 aromatic heterocycles. The Kier molecular flexibility index (Phi) is 5.67. The monoisotopic (exact) mass is 441 g/mol. The summed E-state index contributed by atoms with van der Waals surface area (Å²) in [4.78, 5) is 16.9. The fourth-order valence-electron chi connectivity index (χ4n) is 3.84. The smallest absolute Gasteiger partial charge is 0.233 e. The minimum absolute atomic E-state index is 0.101. The highest BCUT2D eigenvalue weighted by Crippen LogP contribution is 2.40. The first-order valence-corrected chi connectivity index (χ1v) is 11.5. The Labute approximate surface area is 184 Å². The van der Waals surface area contributed by atoms with Crippen LogP contribution in [0, 0.1) is 5.82 Å². The fourth-order valence-corrected chi connectivity index (χ4v) is 4.69. The molecule has 0 N–H and O–H groups in total. The zero-order valence-electron chi connectivity index (χ0n) is 17.1. The molecule has 2 aliphatic rings. The minimum Gasteiger partial charge on any atom is -0.467 e. The van der Waals surface area contributed by atoms with Crippen molar-refractivity contribution in [1.82, 2.24) is 19.7 Å². The number of benzene rings is 1. The lowest BCUT2D eigenvalue weighted by Crippen LogP contribution is -2.49. The van der Waals surface area contributed by atoms with Crippen LogP contribution < -0.4 is 4.90 Å². The van der Waals surface area contributed by atoms with E-state index in [1.807, 2.05) is 17.0 Å². The zero-order chi connectivity index (χ0) is 21.2. The van der Waals surface area contributed by atoms with E-state index in [-0.39, 0.29) is 11.7 Å². The summed E-state index contributed by atoms with van der Waals surface area (Å²) in [6.45, 7) is 3.37. The predicted molar refractivity (Wildman–Crippen MR) is 116 cm³/mol. The Morgan fingerprint density at radius 1 is 1.10 bits per heavy atom. The summed E-state index contributed by atoms with van der Waals surface area (Å²) in [5.41, 5.74) is 0.988. The van der Waals surface area contributed by atoms with Crippen molar-refractivity contribution in [1.29, 1.82) is 0 Å². The Morgan fingerprint density at radius 3 is 2.55 bits per heavy atom. The average Bonchev–Trinajstić information content (AvgIpc) is 3.36. The van der Waals surface area contributed by atoms with Crippen molar-refractivity contribution in [2.45, 2.75) is 30.5 Å². The number of anilines is 1. The van der Waals surface area contributed by atoms with Crippen molar-refractivity contribution in [2.75, 3.05) is 36.8 Å². The quantitative estimate of drug-likeness (QED) is 0.524. The molecule has 2 fully saturated rings. The van der Waals surface area contributed by atoms with E-state index in [0.717, 1.165) is 48.4 Å². The Balaban J connectivity index is 1.18. The highest BCUT2D eigenvalue weighted by molar-refractivity contribution is 7.99. The molecule has 0 bridgehead atoms. The van der Waals surface area contributed by atoms with Crippen LogP contribution in [0.4, 0.5) is 10.1 Å². The first-order chi connectivity index (χ1) is 15.2. The number of aromatic nitrogens is 3. The maximum absolute atomic E-state index is 13.1. The number of piperazine rings is 1. The van der Waals surface area contributed by atoms with Crippen molar-refractivity contribution in [3.8, 4) is 0 Å². The van der Waals surface area contributed by atoms with Crippen molar-refractivity contribution in [2.24, 2.45) is 0 Å². The highest BCUT2D eigenvalue weighted by atomic mass is 32.2. The van der Waals surface area contributed by atoms with Gasteiger partial charge in [0.05, 0.1) is 18.6 Å². The number of nitrogens with zero attached hydrogens (tertiary/aromatic N) is 5. The van der Waals surface area contributed by atoms with Gasteiger partial charge in [-0.3, -0.25) is 9.36 Å². The third-order valence-electron chi connectivity index (χ3n) is 5.73. The molecule has 3 aromatic rings. The number of furan rings is 1. The third kappa shape index (κ3) is 4.61. The van der Waals surface area contributed by atoms with Crippen LogP contribution in [0.25, 0.3) is 0 Å². The fraction of sp³-hybridized carbons (Fsp3) is 0.409. The van der Waals surface area contributed by atoms with Crippen molar-refractivity contribution >= 4 is 23.4 Å². The number of halogens is 1. The summed E-state index contributed by atoms with van der Waals surface area (Å²) in [5, 5.41) is 9.51. The van der Waals surface area contributed by atoms with Gasteiger partial charge in [-0.05, 0) is 49.2 Å². The molecule has 5 rings (SSSR count). The lowest BCUT2D eigenvalue weighted by Gasteiger charge is -2.36. The SMILES string of the molecule is O=C(CSc1nnc(C2CC2)n1Cc1ccco1)N1CCN(c2ccc(F)cc2)CC1. The molecule has 0 radical (unpaired) electrons. The molecule has 0 atom stereocenters. The second-order valence-corrected chi connectivity index (χ2v) is 8.86. The molecule has 3 heterocycles. The number of amides is 1. The number of rotatable bonds is 7. The second kappa shape index (κ2) is 8.74. The van der Waals surface area contributed by atoms with Gasteiger partial charge < -0.3 is 14.2 Å². The van der Waals surface area contributed by atoms with Crippen LogP contribution in [0.15, 0.2) is 52.2 Å². The standard InChI is InChI=1S/C22H24FN5O2S/c23-17-5-7-18(8-6-17)26-9-11-27(12-10-26)20(29)15-31-22-25-24-21(16-3-4-16)28(22)14-19-2-1-13-30-19/h1-2,5-8,13,16H,3-4,9-12,14-15H2. The van der Waals surface area contributed by atoms with Gasteiger partial charge in [0.2, 0.25) is 5.91 Å². The molecule has 162 valence electrons. The molecule has 7 nitrogen and oxygen atoms in total. The molecule has 0 spiro atoms. The van der Waals surface area contributed by atoms with Crippen LogP contribution in [-0.4, -0.2) is 57.5 Å². The first kappa shape index (κ1) is 20.1. The molecule has 9 heteroatoms. The number of carbonyl (C=O) groups is 1. The van der Waals surface area contributed by atoms with Crippen molar-refractivity contribution in [3.05, 3.63) is 60.1 Å². The van der Waals surface area contributed by atoms with Crippen LogP contribution in [0.2, 0.25) is 0 Å². The van der Waals surface area contributed by atoms with Crippen molar-refractivity contribution < 1.29 is 13.6 Å². The van der Waals surface area contributed by atoms with Gasteiger partial charge in [-0.2, -0.15) is 0 Å². The number of hydrogen-bond acceptors (Lipinski definition) is 6.